The van der Waals surface area contributed by atoms with E-state index in [9.17, 15) is 0 Å². The summed E-state index contributed by atoms with van der Waals surface area (Å²) in [4.78, 5) is 0. The molecule has 0 aromatic carbocycles. The topological polar surface area (TPSA) is 51.7 Å². The molecule has 0 amide bonds. The first-order valence-corrected chi connectivity index (χ1v) is 9.08. The van der Waals surface area contributed by atoms with Gasteiger partial charge in [0.05, 0.1) is 0 Å². The summed E-state index contributed by atoms with van der Waals surface area (Å²) in [6.45, 7) is 2.26. The number of rotatable bonds is 10. The fourth-order valence-electron chi connectivity index (χ4n) is 1.51. The Morgan fingerprint density at radius 2 is 1.21 bits per heavy atom. The third-order valence-electron chi connectivity index (χ3n) is 2.39. The second kappa shape index (κ2) is 16.2. The van der Waals surface area contributed by atoms with E-state index in [-0.39, 0.29) is 5.48 Å². The van der Waals surface area contributed by atoms with Gasteiger partial charge in [-0.1, -0.05) is 0 Å². The van der Waals surface area contributed by atoms with Gasteiger partial charge in [-0.05, 0) is 0 Å². The van der Waals surface area contributed by atoms with Crippen molar-refractivity contribution < 1.29 is 8.92 Å². The second-order valence-electron chi connectivity index (χ2n) is 3.74. The van der Waals surface area contributed by atoms with Crippen molar-refractivity contribution in [2.75, 3.05) is 0 Å². The first-order chi connectivity index (χ1) is 6.41. The van der Waals surface area contributed by atoms with Crippen molar-refractivity contribution in [1.82, 2.24) is 0 Å². The Morgan fingerprint density at radius 3 is 1.64 bits per heavy atom. The molecule has 0 aliphatic carbocycles. The predicted molar refractivity (Wildman–Crippen MR) is 63.6 cm³/mol. The van der Waals surface area contributed by atoms with Crippen molar-refractivity contribution in [1.29, 1.82) is 0 Å². The van der Waals surface area contributed by atoms with Gasteiger partial charge in [0.25, 0.3) is 0 Å². The summed E-state index contributed by atoms with van der Waals surface area (Å²) in [6.07, 6.45) is 12.5. The van der Waals surface area contributed by atoms with Crippen LogP contribution in [0.1, 0.15) is 64.7 Å². The fraction of sp³-hybridized carbons (Fsp3) is 1.00. The Labute approximate surface area is 99.6 Å². The minimum absolute atomic E-state index is 0. The van der Waals surface area contributed by atoms with Crippen molar-refractivity contribution in [2.45, 2.75) is 69.1 Å². The normalized spacial score (nSPS) is 9.86. The third kappa shape index (κ3) is 15.2. The van der Waals surface area contributed by atoms with Crippen LogP contribution in [0, 0.1) is 0 Å². The van der Waals surface area contributed by atoms with Crippen molar-refractivity contribution in [2.24, 2.45) is 0 Å². The molecular weight excluding hydrogens is 283 g/mol. The molecule has 2 nitrogen and oxygen atoms in total. The van der Waals surface area contributed by atoms with E-state index in [0.29, 0.717) is 0 Å². The molecule has 0 saturated carbocycles. The zero-order valence-corrected chi connectivity index (χ0v) is 12.4. The first-order valence-electron chi connectivity index (χ1n) is 5.78. The van der Waals surface area contributed by atoms with Crippen LogP contribution in [-0.4, -0.2) is 30.5 Å². The Kier molecular flexibility index (Phi) is 19.8. The quantitative estimate of drug-likeness (QED) is 0.489. The molecule has 0 aromatic heterocycles. The monoisotopic (exact) mass is 310 g/mol. The Balaban J connectivity index is 0. The molecule has 0 rings (SSSR count). The van der Waals surface area contributed by atoms with E-state index in [0.717, 1.165) is 0 Å². The molecule has 86 valence electrons. The van der Waals surface area contributed by atoms with E-state index < -0.39 is 21.6 Å². The Morgan fingerprint density at radius 1 is 0.786 bits per heavy atom. The molecule has 3 N–H and O–H groups in total. The summed E-state index contributed by atoms with van der Waals surface area (Å²) in [6, 6.07) is 0. The van der Waals surface area contributed by atoms with Crippen LogP contribution in [0.4, 0.5) is 0 Å². The smallest absolute Gasteiger partial charge is 0.412 e. The maximum atomic E-state index is 8.74. The summed E-state index contributed by atoms with van der Waals surface area (Å²) in [5.41, 5.74) is 0. The van der Waals surface area contributed by atoms with Gasteiger partial charge < -0.3 is 5.48 Å². The molecule has 2 radical (unpaired) electrons. The van der Waals surface area contributed by atoms with Gasteiger partial charge in [0, 0.05) is 0 Å². The molecule has 0 heterocycles. The largest absolute Gasteiger partial charge is 0.412 e. The molecule has 0 unspecified atom stereocenters. The SMILES string of the molecule is CCCCCCCCCC[CH2][Sn][OH].O. The molecule has 0 fully saturated rings. The number of hydrogen-bond acceptors (Lipinski definition) is 1. The number of hydrogen-bond donors (Lipinski definition) is 1. The van der Waals surface area contributed by atoms with Gasteiger partial charge in [-0.15, -0.1) is 0 Å². The number of unbranched alkanes of at least 4 members (excludes halogenated alkanes) is 8. The predicted octanol–water partition coefficient (Wildman–Crippen LogP) is 2.72. The van der Waals surface area contributed by atoms with E-state index in [4.69, 9.17) is 3.44 Å². The van der Waals surface area contributed by atoms with Crippen LogP contribution >= 0.6 is 0 Å². The molecule has 0 saturated heterocycles. The van der Waals surface area contributed by atoms with Gasteiger partial charge in [0.2, 0.25) is 0 Å². The Hall–Kier alpha value is 0.719. The van der Waals surface area contributed by atoms with Crippen molar-refractivity contribution >= 4 is 21.6 Å². The van der Waals surface area contributed by atoms with Crippen LogP contribution in [0.3, 0.4) is 0 Å². The molecule has 0 atom stereocenters. The van der Waals surface area contributed by atoms with Gasteiger partial charge in [-0.25, -0.2) is 0 Å². The van der Waals surface area contributed by atoms with Crippen molar-refractivity contribution in [3.05, 3.63) is 0 Å². The molecule has 0 bridgehead atoms. The van der Waals surface area contributed by atoms with Crippen molar-refractivity contribution in [3.8, 4) is 0 Å². The average Bonchev–Trinajstić information content (AvgIpc) is 2.16. The van der Waals surface area contributed by atoms with E-state index in [1.165, 1.54) is 62.2 Å². The average molecular weight is 309 g/mol. The van der Waals surface area contributed by atoms with Gasteiger partial charge in [-0.3, -0.25) is 0 Å². The molecule has 0 spiro atoms. The third-order valence-corrected chi connectivity index (χ3v) is 4.04. The van der Waals surface area contributed by atoms with E-state index in [1.807, 2.05) is 0 Å². The van der Waals surface area contributed by atoms with E-state index >= 15 is 0 Å². The molecule has 3 heteroatoms. The van der Waals surface area contributed by atoms with Gasteiger partial charge in [-0.2, -0.15) is 0 Å². The molecule has 0 aliphatic heterocycles. The zero-order valence-electron chi connectivity index (χ0n) is 9.52. The zero-order chi connectivity index (χ0) is 9.78. The summed E-state index contributed by atoms with van der Waals surface area (Å²) in [5.74, 6) is 0. The molecular formula is C11H26O2Sn. The van der Waals surface area contributed by atoms with Gasteiger partial charge >= 0.3 is 94.1 Å². The minimum Gasteiger partial charge on any atom is -0.412 e. The van der Waals surface area contributed by atoms with Crippen LogP contribution in [-0.2, 0) is 0 Å². The van der Waals surface area contributed by atoms with E-state index in [2.05, 4.69) is 6.92 Å². The minimum atomic E-state index is -0.863. The molecule has 0 aliphatic rings. The summed E-state index contributed by atoms with van der Waals surface area (Å²) in [7, 11) is 0. The van der Waals surface area contributed by atoms with Crippen LogP contribution < -0.4 is 0 Å². The molecule has 0 aromatic rings. The summed E-state index contributed by atoms with van der Waals surface area (Å²) in [5, 5.41) is 0. The second-order valence-corrected chi connectivity index (χ2v) is 6.07. The van der Waals surface area contributed by atoms with Gasteiger partial charge in [0.1, 0.15) is 0 Å². The first kappa shape index (κ1) is 17.1. The maximum Gasteiger partial charge on any atom is -0.412 e. The van der Waals surface area contributed by atoms with Crippen LogP contribution in [0.5, 0.6) is 0 Å². The van der Waals surface area contributed by atoms with Gasteiger partial charge in [0.15, 0.2) is 0 Å². The van der Waals surface area contributed by atoms with Crippen LogP contribution in [0.25, 0.3) is 0 Å². The fourth-order valence-corrected chi connectivity index (χ4v) is 2.68. The molecule has 14 heavy (non-hydrogen) atoms. The van der Waals surface area contributed by atoms with Crippen LogP contribution in [0.2, 0.25) is 4.44 Å². The maximum absolute atomic E-state index is 8.74. The standard InChI is InChI=1S/C11H23.2H2O.Sn/c1-3-5-7-9-11-10-8-6-4-2;;;/h1,3-11H2,2H3;2*1H2;/q;;;+1/p-1. The van der Waals surface area contributed by atoms with Crippen LogP contribution in [0.15, 0.2) is 0 Å². The summed E-state index contributed by atoms with van der Waals surface area (Å²) < 4.78 is 9.90. The van der Waals surface area contributed by atoms with Crippen molar-refractivity contribution in [3.63, 3.8) is 0 Å². The van der Waals surface area contributed by atoms with E-state index in [1.54, 1.807) is 0 Å². The Bertz CT molecular complexity index is 79.4. The summed E-state index contributed by atoms with van der Waals surface area (Å²) >= 11 is -0.863.